The van der Waals surface area contributed by atoms with Crippen molar-refractivity contribution < 1.29 is 0 Å². The summed E-state index contributed by atoms with van der Waals surface area (Å²) in [6.07, 6.45) is 3.69. The van der Waals surface area contributed by atoms with Crippen molar-refractivity contribution in [2.75, 3.05) is 0 Å². The maximum Gasteiger partial charge on any atom is 0.138 e. The van der Waals surface area contributed by atoms with Crippen molar-refractivity contribution in [2.45, 2.75) is 25.7 Å². The molecular formula is C74H50N4. The van der Waals surface area contributed by atoms with Gasteiger partial charge in [0.15, 0.2) is 0 Å². The van der Waals surface area contributed by atoms with Crippen molar-refractivity contribution >= 4 is 43.6 Å². The maximum absolute atomic E-state index is 5.65. The Hall–Kier alpha value is -9.90. The summed E-state index contributed by atoms with van der Waals surface area (Å²) in [4.78, 5) is 11.3. The second kappa shape index (κ2) is 17.9. The Morgan fingerprint density at radius 2 is 0.590 bits per heavy atom. The van der Waals surface area contributed by atoms with Crippen LogP contribution < -0.4 is 0 Å². The summed E-state index contributed by atoms with van der Waals surface area (Å²) in [5.74, 6) is 1.84. The number of nitrogens with zero attached hydrogens (tertiary/aromatic N) is 4. The van der Waals surface area contributed by atoms with Crippen LogP contribution >= 0.6 is 0 Å². The molecule has 0 aliphatic heterocycles. The fraction of sp³-hybridized carbons (Fsp3) is 0.0541. The normalized spacial score (nSPS) is 12.7. The highest BCUT2D eigenvalue weighted by Crippen LogP contribution is 2.52. The van der Waals surface area contributed by atoms with Crippen molar-refractivity contribution in [3.05, 3.63) is 277 Å². The summed E-state index contributed by atoms with van der Waals surface area (Å²) in [6.45, 7) is 0. The van der Waals surface area contributed by atoms with E-state index in [1.807, 2.05) is 0 Å². The molecule has 4 nitrogen and oxygen atoms in total. The molecule has 0 bridgehead atoms. The minimum absolute atomic E-state index is 0.915. The third kappa shape index (κ3) is 7.14. The average molecular weight is 995 g/mol. The van der Waals surface area contributed by atoms with Gasteiger partial charge in [-0.3, -0.25) is 9.13 Å². The molecule has 10 aromatic carbocycles. The van der Waals surface area contributed by atoms with Gasteiger partial charge in [-0.2, -0.15) is 0 Å². The summed E-state index contributed by atoms with van der Waals surface area (Å²) in [5, 5.41) is 5.07. The lowest BCUT2D eigenvalue weighted by molar-refractivity contribution is 0.881. The molecule has 2 aliphatic rings. The number of benzene rings is 10. The fourth-order valence-electron chi connectivity index (χ4n) is 13.1. The Balaban J connectivity index is 0.998. The van der Waals surface area contributed by atoms with E-state index in [0.29, 0.717) is 0 Å². The van der Waals surface area contributed by atoms with Gasteiger partial charge in [0.25, 0.3) is 0 Å². The smallest absolute Gasteiger partial charge is 0.138 e. The number of aryl methyl sites for hydroxylation is 4. The van der Waals surface area contributed by atoms with Crippen LogP contribution in [0.5, 0.6) is 0 Å². The van der Waals surface area contributed by atoms with Gasteiger partial charge in [0.2, 0.25) is 0 Å². The molecule has 2 aliphatic carbocycles. The Morgan fingerprint density at radius 3 is 0.949 bits per heavy atom. The van der Waals surface area contributed by atoms with Crippen LogP contribution in [0.1, 0.15) is 22.3 Å². The minimum atomic E-state index is 0.915. The quantitative estimate of drug-likeness (QED) is 0.152. The van der Waals surface area contributed by atoms with Gasteiger partial charge in [-0.15, -0.1) is 0 Å². The Labute approximate surface area is 452 Å². The van der Waals surface area contributed by atoms with Gasteiger partial charge in [-0.1, -0.05) is 194 Å². The lowest BCUT2D eigenvalue weighted by atomic mass is 9.74. The molecule has 366 valence electrons. The Kier molecular flexibility index (Phi) is 10.2. The first-order chi connectivity index (χ1) is 38.7. The molecule has 0 spiro atoms. The molecule has 0 atom stereocenters. The number of fused-ring (bicyclic) bond motifs is 8. The lowest BCUT2D eigenvalue weighted by Crippen LogP contribution is -2.16. The van der Waals surface area contributed by atoms with E-state index >= 15 is 0 Å². The van der Waals surface area contributed by atoms with Gasteiger partial charge in [0, 0.05) is 32.7 Å². The third-order valence-electron chi connectivity index (χ3n) is 16.7. The zero-order valence-electron chi connectivity index (χ0n) is 42.9. The van der Waals surface area contributed by atoms with Gasteiger partial charge >= 0.3 is 0 Å². The molecule has 4 heterocycles. The molecule has 0 N–H and O–H groups in total. The van der Waals surface area contributed by atoms with E-state index in [0.717, 1.165) is 93.1 Å². The molecule has 78 heavy (non-hydrogen) atoms. The lowest BCUT2D eigenvalue weighted by Gasteiger charge is -2.31. The SMILES string of the molecule is c1ccc(-c2cc(-c3ccccc3)nc(-n3c4ccc(-c5ccccc5)cc4c4cc5c6c(c43)CCc3cc4c7cc(-c8ccccc8)ccc7n(-c7cc(-c8ccccc8)cc(-c8ccccc8)n7)c4c(c3-6)CC5)c2)cc1. The number of rotatable bonds is 8. The third-order valence-corrected chi connectivity index (χ3v) is 16.7. The highest BCUT2D eigenvalue weighted by molar-refractivity contribution is 6.17. The van der Waals surface area contributed by atoms with Crippen LogP contribution in [0, 0.1) is 0 Å². The zero-order chi connectivity index (χ0) is 51.3. The van der Waals surface area contributed by atoms with E-state index in [9.17, 15) is 0 Å². The summed E-state index contributed by atoms with van der Waals surface area (Å²) in [5.41, 5.74) is 26.8. The molecule has 0 saturated heterocycles. The standard InChI is InChI=1S/C74H50N4/c1-7-19-47(20-8-1)53-33-37-67-61(39-53)63-41-55-31-36-60-72-56(32-35-59(71(55)72)73(63)77(67)69-45-57(49-23-11-3-12-24-49)43-65(75-69)51-27-15-5-16-28-51)42-64-62-40-54(48-21-9-2-10-22-48)34-38-68(62)78(74(60)64)70-46-58(50-25-13-4-14-26-50)44-66(76-70)52-29-17-6-18-30-52/h1-30,33-34,37-46H,31-32,35-36H2. The van der Waals surface area contributed by atoms with E-state index in [4.69, 9.17) is 9.97 Å². The zero-order valence-corrected chi connectivity index (χ0v) is 42.9. The number of hydrogen-bond acceptors (Lipinski definition) is 2. The maximum atomic E-state index is 5.65. The molecule has 0 amide bonds. The second-order valence-electron chi connectivity index (χ2n) is 21.1. The van der Waals surface area contributed by atoms with Crippen molar-refractivity contribution in [1.29, 1.82) is 0 Å². The molecule has 14 aromatic rings. The van der Waals surface area contributed by atoms with Crippen LogP contribution in [0.4, 0.5) is 0 Å². The topological polar surface area (TPSA) is 35.6 Å². The molecule has 16 rings (SSSR count). The van der Waals surface area contributed by atoms with Gasteiger partial charge in [-0.25, -0.2) is 9.97 Å². The molecule has 0 radical (unpaired) electrons. The van der Waals surface area contributed by atoms with Gasteiger partial charge in [0.05, 0.1) is 33.5 Å². The van der Waals surface area contributed by atoms with Crippen molar-refractivity contribution in [2.24, 2.45) is 0 Å². The summed E-state index contributed by atoms with van der Waals surface area (Å²) >= 11 is 0. The molecule has 0 saturated carbocycles. The Bertz CT molecular complexity index is 4260. The number of pyridine rings is 2. The molecule has 4 heteroatoms. The van der Waals surface area contributed by atoms with Crippen molar-refractivity contribution in [1.82, 2.24) is 19.1 Å². The summed E-state index contributed by atoms with van der Waals surface area (Å²) in [7, 11) is 0. The van der Waals surface area contributed by atoms with E-state index in [1.165, 1.54) is 88.2 Å². The van der Waals surface area contributed by atoms with Crippen molar-refractivity contribution in [3.8, 4) is 89.8 Å². The van der Waals surface area contributed by atoms with Gasteiger partial charge in [0.1, 0.15) is 11.6 Å². The van der Waals surface area contributed by atoms with E-state index in [2.05, 4.69) is 264 Å². The minimum Gasteiger partial charge on any atom is -0.293 e. The predicted octanol–water partition coefficient (Wildman–Crippen LogP) is 18.5. The van der Waals surface area contributed by atoms with Gasteiger partial charge < -0.3 is 0 Å². The highest BCUT2D eigenvalue weighted by Gasteiger charge is 2.34. The number of aromatic nitrogens is 4. The second-order valence-corrected chi connectivity index (χ2v) is 21.1. The molecule has 0 unspecified atom stereocenters. The van der Waals surface area contributed by atoms with Crippen LogP contribution in [-0.2, 0) is 25.7 Å². The first-order valence-electron chi connectivity index (χ1n) is 27.3. The summed E-state index contributed by atoms with van der Waals surface area (Å²) < 4.78 is 5.02. The monoisotopic (exact) mass is 994 g/mol. The largest absolute Gasteiger partial charge is 0.293 e. The van der Waals surface area contributed by atoms with Crippen LogP contribution in [0.3, 0.4) is 0 Å². The molecular weight excluding hydrogens is 945 g/mol. The number of hydrogen-bond donors (Lipinski definition) is 0. The van der Waals surface area contributed by atoms with Crippen LogP contribution in [0.25, 0.3) is 133 Å². The molecule has 0 fully saturated rings. The fourth-order valence-corrected chi connectivity index (χ4v) is 13.1. The average Bonchev–Trinajstić information content (AvgIpc) is 4.18. The highest BCUT2D eigenvalue weighted by atomic mass is 15.1. The van der Waals surface area contributed by atoms with E-state index in [-0.39, 0.29) is 0 Å². The van der Waals surface area contributed by atoms with E-state index in [1.54, 1.807) is 0 Å². The summed E-state index contributed by atoms with van der Waals surface area (Å²) in [6, 6.07) is 92.9. The first-order valence-corrected chi connectivity index (χ1v) is 27.3. The van der Waals surface area contributed by atoms with Crippen LogP contribution in [-0.4, -0.2) is 19.1 Å². The first kappa shape index (κ1) is 44.4. The molecule has 4 aromatic heterocycles. The Morgan fingerprint density at radius 1 is 0.256 bits per heavy atom. The predicted molar refractivity (Wildman–Crippen MR) is 324 cm³/mol. The van der Waals surface area contributed by atoms with Crippen LogP contribution in [0.15, 0.2) is 255 Å². The van der Waals surface area contributed by atoms with Crippen LogP contribution in [0.2, 0.25) is 0 Å². The van der Waals surface area contributed by atoms with E-state index < -0.39 is 0 Å². The van der Waals surface area contributed by atoms with Crippen molar-refractivity contribution in [3.63, 3.8) is 0 Å². The van der Waals surface area contributed by atoms with Gasteiger partial charge in [-0.05, 0) is 164 Å².